The summed E-state index contributed by atoms with van der Waals surface area (Å²) >= 11 is 0. The average Bonchev–Trinajstić information content (AvgIpc) is 2.97. The number of amides is 1. The first kappa shape index (κ1) is 15.0. The number of aryl methyl sites for hydroxylation is 1. The fourth-order valence-corrected chi connectivity index (χ4v) is 1.99. The van der Waals surface area contributed by atoms with Gasteiger partial charge in [-0.15, -0.1) is 0 Å². The van der Waals surface area contributed by atoms with Crippen molar-refractivity contribution in [2.24, 2.45) is 0 Å². The topological polar surface area (TPSA) is 67.0 Å². The van der Waals surface area contributed by atoms with Gasteiger partial charge in [-0.3, -0.25) is 4.79 Å². The third-order valence-corrected chi connectivity index (χ3v) is 3.05. The van der Waals surface area contributed by atoms with Crippen LogP contribution >= 0.6 is 0 Å². The van der Waals surface area contributed by atoms with E-state index in [0.29, 0.717) is 12.1 Å². The van der Waals surface area contributed by atoms with Crippen molar-refractivity contribution in [1.82, 2.24) is 15.3 Å². The standard InChI is InChI=1S/C15H18FN3O2/c1-21-13-5-4-11(9-12(13)16)10-15(20)19-6-2-3-14-17-7-8-18-14/h4-5,7-9H,2-3,6,10H2,1H3,(H,17,18)(H,19,20). The lowest BCUT2D eigenvalue weighted by atomic mass is 10.1. The predicted molar refractivity (Wildman–Crippen MR) is 76.6 cm³/mol. The molecule has 0 aliphatic rings. The van der Waals surface area contributed by atoms with E-state index in [-0.39, 0.29) is 18.1 Å². The number of imidazole rings is 1. The Kier molecular flexibility index (Phi) is 5.31. The second-order valence-corrected chi connectivity index (χ2v) is 4.64. The Balaban J connectivity index is 1.72. The Labute approximate surface area is 122 Å². The molecule has 2 aromatic rings. The minimum Gasteiger partial charge on any atom is -0.494 e. The van der Waals surface area contributed by atoms with Crippen molar-refractivity contribution < 1.29 is 13.9 Å². The lowest BCUT2D eigenvalue weighted by Crippen LogP contribution is -2.26. The van der Waals surface area contributed by atoms with Crippen molar-refractivity contribution in [2.45, 2.75) is 19.3 Å². The maximum absolute atomic E-state index is 13.5. The molecule has 21 heavy (non-hydrogen) atoms. The number of ether oxygens (including phenoxy) is 1. The van der Waals surface area contributed by atoms with E-state index in [1.54, 1.807) is 18.5 Å². The highest BCUT2D eigenvalue weighted by Gasteiger charge is 2.07. The molecule has 6 heteroatoms. The van der Waals surface area contributed by atoms with Gasteiger partial charge in [-0.2, -0.15) is 0 Å². The van der Waals surface area contributed by atoms with Crippen molar-refractivity contribution in [3.05, 3.63) is 47.8 Å². The normalized spacial score (nSPS) is 10.4. The summed E-state index contributed by atoms with van der Waals surface area (Å²) in [5, 5.41) is 2.81. The second kappa shape index (κ2) is 7.42. The number of hydrogen-bond acceptors (Lipinski definition) is 3. The zero-order valence-electron chi connectivity index (χ0n) is 11.9. The molecule has 0 saturated carbocycles. The van der Waals surface area contributed by atoms with Gasteiger partial charge in [0.05, 0.1) is 13.5 Å². The molecule has 1 aromatic carbocycles. The van der Waals surface area contributed by atoms with Gasteiger partial charge in [0.25, 0.3) is 0 Å². The van der Waals surface area contributed by atoms with E-state index < -0.39 is 5.82 Å². The van der Waals surface area contributed by atoms with E-state index >= 15 is 0 Å². The van der Waals surface area contributed by atoms with E-state index in [9.17, 15) is 9.18 Å². The average molecular weight is 291 g/mol. The number of aromatic amines is 1. The number of rotatable bonds is 7. The molecule has 112 valence electrons. The maximum atomic E-state index is 13.5. The van der Waals surface area contributed by atoms with Crippen molar-refractivity contribution in [2.75, 3.05) is 13.7 Å². The number of carbonyl (C=O) groups is 1. The summed E-state index contributed by atoms with van der Waals surface area (Å²) in [6.07, 6.45) is 5.21. The van der Waals surface area contributed by atoms with Crippen LogP contribution in [-0.2, 0) is 17.6 Å². The van der Waals surface area contributed by atoms with Crippen LogP contribution in [0.2, 0.25) is 0 Å². The summed E-state index contributed by atoms with van der Waals surface area (Å²) in [5.74, 6) is 0.499. The molecule has 0 bridgehead atoms. The number of benzene rings is 1. The number of methoxy groups -OCH3 is 1. The first-order valence-corrected chi connectivity index (χ1v) is 6.76. The summed E-state index contributed by atoms with van der Waals surface area (Å²) in [7, 11) is 1.41. The Morgan fingerprint density at radius 2 is 2.33 bits per heavy atom. The molecule has 0 unspecified atom stereocenters. The predicted octanol–water partition coefficient (Wildman–Crippen LogP) is 1.85. The summed E-state index contributed by atoms with van der Waals surface area (Å²) in [4.78, 5) is 18.9. The number of aromatic nitrogens is 2. The van der Waals surface area contributed by atoms with Gasteiger partial charge in [0, 0.05) is 25.4 Å². The van der Waals surface area contributed by atoms with Crippen LogP contribution in [0, 0.1) is 5.82 Å². The molecular weight excluding hydrogens is 273 g/mol. The Bertz CT molecular complexity index is 585. The molecule has 0 radical (unpaired) electrons. The Morgan fingerprint density at radius 1 is 1.48 bits per heavy atom. The van der Waals surface area contributed by atoms with Gasteiger partial charge in [0.2, 0.25) is 5.91 Å². The van der Waals surface area contributed by atoms with Crippen LogP contribution < -0.4 is 10.1 Å². The summed E-state index contributed by atoms with van der Waals surface area (Å²) in [6, 6.07) is 4.53. The van der Waals surface area contributed by atoms with Crippen LogP contribution in [0.4, 0.5) is 4.39 Å². The van der Waals surface area contributed by atoms with Crippen LogP contribution in [0.3, 0.4) is 0 Å². The van der Waals surface area contributed by atoms with E-state index in [1.807, 2.05) is 0 Å². The second-order valence-electron chi connectivity index (χ2n) is 4.64. The summed E-state index contributed by atoms with van der Waals surface area (Å²) < 4.78 is 18.3. The molecule has 2 N–H and O–H groups in total. The first-order valence-electron chi connectivity index (χ1n) is 6.76. The van der Waals surface area contributed by atoms with Gasteiger partial charge in [0.15, 0.2) is 11.6 Å². The van der Waals surface area contributed by atoms with Crippen molar-refractivity contribution in [1.29, 1.82) is 0 Å². The Hall–Kier alpha value is -2.37. The fraction of sp³-hybridized carbons (Fsp3) is 0.333. The maximum Gasteiger partial charge on any atom is 0.224 e. The molecule has 0 aliphatic heterocycles. The molecule has 0 spiro atoms. The summed E-state index contributed by atoms with van der Waals surface area (Å²) in [6.45, 7) is 0.568. The van der Waals surface area contributed by atoms with E-state index in [2.05, 4.69) is 15.3 Å². The first-order chi connectivity index (χ1) is 10.2. The van der Waals surface area contributed by atoms with E-state index in [1.165, 1.54) is 19.2 Å². The lowest BCUT2D eigenvalue weighted by molar-refractivity contribution is -0.120. The molecular formula is C15H18FN3O2. The fourth-order valence-electron chi connectivity index (χ4n) is 1.99. The number of hydrogen-bond donors (Lipinski definition) is 2. The van der Waals surface area contributed by atoms with Gasteiger partial charge in [0.1, 0.15) is 5.82 Å². The zero-order chi connectivity index (χ0) is 15.1. The van der Waals surface area contributed by atoms with Crippen LogP contribution in [0.1, 0.15) is 17.8 Å². The molecule has 0 atom stereocenters. The number of H-pyrrole nitrogens is 1. The highest BCUT2D eigenvalue weighted by molar-refractivity contribution is 5.78. The number of carbonyl (C=O) groups excluding carboxylic acids is 1. The molecule has 5 nitrogen and oxygen atoms in total. The van der Waals surface area contributed by atoms with Crippen molar-refractivity contribution in [3.63, 3.8) is 0 Å². The lowest BCUT2D eigenvalue weighted by Gasteiger charge is -2.06. The third kappa shape index (κ3) is 4.59. The summed E-state index contributed by atoms with van der Waals surface area (Å²) in [5.41, 5.74) is 0.622. The van der Waals surface area contributed by atoms with Gasteiger partial charge in [-0.25, -0.2) is 9.37 Å². The van der Waals surface area contributed by atoms with Crippen molar-refractivity contribution >= 4 is 5.91 Å². The molecule has 0 saturated heterocycles. The molecule has 0 fully saturated rings. The van der Waals surface area contributed by atoms with Crippen LogP contribution in [0.5, 0.6) is 5.75 Å². The van der Waals surface area contributed by atoms with Gasteiger partial charge in [-0.05, 0) is 24.1 Å². The minimum atomic E-state index is -0.458. The van der Waals surface area contributed by atoms with Crippen LogP contribution in [-0.4, -0.2) is 29.5 Å². The monoisotopic (exact) mass is 291 g/mol. The molecule has 1 aromatic heterocycles. The van der Waals surface area contributed by atoms with Crippen LogP contribution in [0.15, 0.2) is 30.6 Å². The van der Waals surface area contributed by atoms with E-state index in [4.69, 9.17) is 4.74 Å². The number of nitrogens with zero attached hydrogens (tertiary/aromatic N) is 1. The molecule has 0 aliphatic carbocycles. The molecule has 1 amide bonds. The molecule has 2 rings (SSSR count). The van der Waals surface area contributed by atoms with Gasteiger partial charge >= 0.3 is 0 Å². The van der Waals surface area contributed by atoms with Crippen molar-refractivity contribution in [3.8, 4) is 5.75 Å². The largest absolute Gasteiger partial charge is 0.494 e. The minimum absolute atomic E-state index is 0.126. The van der Waals surface area contributed by atoms with Gasteiger partial charge < -0.3 is 15.0 Å². The third-order valence-electron chi connectivity index (χ3n) is 3.05. The molecule has 1 heterocycles. The van der Waals surface area contributed by atoms with E-state index in [0.717, 1.165) is 18.7 Å². The smallest absolute Gasteiger partial charge is 0.224 e. The number of nitrogens with one attached hydrogen (secondary N) is 2. The SMILES string of the molecule is COc1ccc(CC(=O)NCCCc2ncc[nH]2)cc1F. The quantitative estimate of drug-likeness (QED) is 0.765. The van der Waals surface area contributed by atoms with Gasteiger partial charge in [-0.1, -0.05) is 6.07 Å². The van der Waals surface area contributed by atoms with Crippen LogP contribution in [0.25, 0.3) is 0 Å². The zero-order valence-corrected chi connectivity index (χ0v) is 11.9. The highest BCUT2D eigenvalue weighted by atomic mass is 19.1. The number of halogens is 1. The Morgan fingerprint density at radius 3 is 3.00 bits per heavy atom. The highest BCUT2D eigenvalue weighted by Crippen LogP contribution is 2.17.